The highest BCUT2D eigenvalue weighted by molar-refractivity contribution is 5.70. The van der Waals surface area contributed by atoms with Gasteiger partial charge in [-0.05, 0) is 42.0 Å². The predicted octanol–water partition coefficient (Wildman–Crippen LogP) is 1.99. The molecule has 80 valence electrons. The molecule has 1 aromatic carbocycles. The van der Waals surface area contributed by atoms with Gasteiger partial charge in [-0.15, -0.1) is 0 Å². The van der Waals surface area contributed by atoms with E-state index < -0.39 is 0 Å². The van der Waals surface area contributed by atoms with Gasteiger partial charge in [-0.1, -0.05) is 6.07 Å². The van der Waals surface area contributed by atoms with Crippen molar-refractivity contribution in [2.45, 2.75) is 25.2 Å². The van der Waals surface area contributed by atoms with E-state index in [1.165, 1.54) is 12.7 Å². The van der Waals surface area contributed by atoms with E-state index in [1.54, 1.807) is 12.1 Å². The summed E-state index contributed by atoms with van der Waals surface area (Å²) in [5.74, 6) is 0.390. The molecule has 0 saturated carbocycles. The monoisotopic (exact) mass is 206 g/mol. The molecular weight excluding hydrogens is 192 g/mol. The Kier molecular flexibility index (Phi) is 2.62. The number of rotatable bonds is 2. The first-order chi connectivity index (χ1) is 7.20. The zero-order chi connectivity index (χ0) is 10.8. The zero-order valence-electron chi connectivity index (χ0n) is 8.69. The highest BCUT2D eigenvalue weighted by Gasteiger charge is 2.25. The average Bonchev–Trinajstić information content (AvgIpc) is 2.60. The molecule has 0 aliphatic heterocycles. The molecule has 0 unspecified atom stereocenters. The normalized spacial score (nSPS) is 18.6. The number of carbonyl (C=O) groups excluding carboxylic acids is 1. The summed E-state index contributed by atoms with van der Waals surface area (Å²) in [4.78, 5) is 11.2. The van der Waals surface area contributed by atoms with Crippen molar-refractivity contribution in [2.75, 3.05) is 7.11 Å². The maximum atomic E-state index is 11.2. The predicted molar refractivity (Wildman–Crippen MR) is 55.8 cm³/mol. The summed E-state index contributed by atoms with van der Waals surface area (Å²) in [6.07, 6.45) is 2.34. The molecule has 2 rings (SSSR count). The Morgan fingerprint density at radius 2 is 2.40 bits per heavy atom. The Hall–Kier alpha value is -1.51. The summed E-state index contributed by atoms with van der Waals surface area (Å²) in [7, 11) is 1.41. The number of benzene rings is 1. The van der Waals surface area contributed by atoms with E-state index in [-0.39, 0.29) is 11.9 Å². The van der Waals surface area contributed by atoms with Gasteiger partial charge in [-0.2, -0.15) is 0 Å². The molecule has 1 atom stereocenters. The second-order valence-corrected chi connectivity index (χ2v) is 3.90. The molecule has 0 saturated heterocycles. The average molecular weight is 206 g/mol. The van der Waals surface area contributed by atoms with E-state index in [2.05, 4.69) is 4.74 Å². The fourth-order valence-electron chi connectivity index (χ4n) is 2.19. The molecular formula is C12H14O3. The Balaban J connectivity index is 2.18. The van der Waals surface area contributed by atoms with Crippen LogP contribution in [0.3, 0.4) is 0 Å². The number of phenolic OH excluding ortho intramolecular Hbond substituents is 1. The molecule has 0 amide bonds. The Morgan fingerprint density at radius 1 is 1.60 bits per heavy atom. The maximum Gasteiger partial charge on any atom is 0.306 e. The summed E-state index contributed by atoms with van der Waals surface area (Å²) in [6, 6.07) is 5.37. The lowest BCUT2D eigenvalue weighted by atomic mass is 9.98. The Bertz CT molecular complexity index is 384. The first-order valence-electron chi connectivity index (χ1n) is 5.09. The molecule has 0 bridgehead atoms. The van der Waals surface area contributed by atoms with Crippen molar-refractivity contribution >= 4 is 5.97 Å². The van der Waals surface area contributed by atoms with Crippen molar-refractivity contribution in [3.63, 3.8) is 0 Å². The highest BCUT2D eigenvalue weighted by atomic mass is 16.5. The molecule has 1 aliphatic rings. The van der Waals surface area contributed by atoms with E-state index in [0.717, 1.165) is 18.4 Å². The van der Waals surface area contributed by atoms with Crippen LogP contribution in [0, 0.1) is 0 Å². The third kappa shape index (κ3) is 1.96. The molecule has 3 nitrogen and oxygen atoms in total. The molecule has 15 heavy (non-hydrogen) atoms. The lowest BCUT2D eigenvalue weighted by Crippen LogP contribution is -2.06. The van der Waals surface area contributed by atoms with Crippen molar-refractivity contribution in [2.24, 2.45) is 0 Å². The van der Waals surface area contributed by atoms with Gasteiger partial charge in [0.1, 0.15) is 5.75 Å². The van der Waals surface area contributed by atoms with Gasteiger partial charge >= 0.3 is 5.97 Å². The van der Waals surface area contributed by atoms with Crippen LogP contribution >= 0.6 is 0 Å². The molecule has 0 radical (unpaired) electrons. The number of ether oxygens (including phenoxy) is 1. The quantitative estimate of drug-likeness (QED) is 0.753. The minimum atomic E-state index is -0.166. The van der Waals surface area contributed by atoms with Crippen LogP contribution < -0.4 is 0 Å². The lowest BCUT2D eigenvalue weighted by molar-refractivity contribution is -0.141. The standard InChI is InChI=1S/C12H14O3/c1-15-12(14)7-9-3-2-8-6-10(13)4-5-11(8)9/h4-6,9,13H,2-3,7H2,1H3/t9-/m0/s1. The number of aromatic hydroxyl groups is 1. The van der Waals surface area contributed by atoms with Crippen LogP contribution in [0.15, 0.2) is 18.2 Å². The van der Waals surface area contributed by atoms with Crippen molar-refractivity contribution in [1.29, 1.82) is 0 Å². The number of aryl methyl sites for hydroxylation is 1. The number of fused-ring (bicyclic) bond motifs is 1. The highest BCUT2D eigenvalue weighted by Crippen LogP contribution is 2.37. The van der Waals surface area contributed by atoms with Gasteiger partial charge in [0.2, 0.25) is 0 Å². The minimum absolute atomic E-state index is 0.166. The van der Waals surface area contributed by atoms with Crippen LogP contribution in [0.1, 0.15) is 29.9 Å². The van der Waals surface area contributed by atoms with Gasteiger partial charge in [0.25, 0.3) is 0 Å². The van der Waals surface area contributed by atoms with Crippen molar-refractivity contribution in [3.05, 3.63) is 29.3 Å². The van der Waals surface area contributed by atoms with Crippen LogP contribution in [0.4, 0.5) is 0 Å². The van der Waals surface area contributed by atoms with Gasteiger partial charge in [-0.25, -0.2) is 0 Å². The van der Waals surface area contributed by atoms with E-state index in [0.29, 0.717) is 12.2 Å². The summed E-state index contributed by atoms with van der Waals surface area (Å²) < 4.78 is 4.66. The third-order valence-corrected chi connectivity index (χ3v) is 2.97. The zero-order valence-corrected chi connectivity index (χ0v) is 8.69. The molecule has 1 aliphatic carbocycles. The smallest absolute Gasteiger partial charge is 0.306 e. The molecule has 0 heterocycles. The molecule has 3 heteroatoms. The second-order valence-electron chi connectivity index (χ2n) is 3.90. The van der Waals surface area contributed by atoms with Crippen LogP contribution in [-0.2, 0) is 16.0 Å². The van der Waals surface area contributed by atoms with E-state index in [1.807, 2.05) is 6.07 Å². The van der Waals surface area contributed by atoms with Crippen LogP contribution in [-0.4, -0.2) is 18.2 Å². The topological polar surface area (TPSA) is 46.5 Å². The first-order valence-corrected chi connectivity index (χ1v) is 5.09. The Morgan fingerprint density at radius 3 is 3.13 bits per heavy atom. The summed E-state index contributed by atoms with van der Waals surface area (Å²) >= 11 is 0. The van der Waals surface area contributed by atoms with Gasteiger partial charge in [0.05, 0.1) is 13.5 Å². The molecule has 0 spiro atoms. The largest absolute Gasteiger partial charge is 0.508 e. The van der Waals surface area contributed by atoms with E-state index in [4.69, 9.17) is 0 Å². The van der Waals surface area contributed by atoms with Gasteiger partial charge in [0, 0.05) is 0 Å². The number of hydrogen-bond acceptors (Lipinski definition) is 3. The number of phenols is 1. The lowest BCUT2D eigenvalue weighted by Gasteiger charge is -2.09. The van der Waals surface area contributed by atoms with Gasteiger partial charge in [-0.3, -0.25) is 4.79 Å². The molecule has 0 aromatic heterocycles. The summed E-state index contributed by atoms with van der Waals surface area (Å²) in [5, 5.41) is 9.32. The second kappa shape index (κ2) is 3.93. The van der Waals surface area contributed by atoms with E-state index >= 15 is 0 Å². The van der Waals surface area contributed by atoms with Crippen molar-refractivity contribution in [1.82, 2.24) is 0 Å². The van der Waals surface area contributed by atoms with Crippen LogP contribution in [0.25, 0.3) is 0 Å². The van der Waals surface area contributed by atoms with Gasteiger partial charge in [0.15, 0.2) is 0 Å². The minimum Gasteiger partial charge on any atom is -0.508 e. The summed E-state index contributed by atoms with van der Waals surface area (Å²) in [5.41, 5.74) is 2.34. The van der Waals surface area contributed by atoms with E-state index in [9.17, 15) is 9.90 Å². The fraction of sp³-hybridized carbons (Fsp3) is 0.417. The fourth-order valence-corrected chi connectivity index (χ4v) is 2.19. The number of esters is 1. The van der Waals surface area contributed by atoms with Gasteiger partial charge < -0.3 is 9.84 Å². The maximum absolute atomic E-state index is 11.2. The summed E-state index contributed by atoms with van der Waals surface area (Å²) in [6.45, 7) is 0. The Labute approximate surface area is 88.7 Å². The van der Waals surface area contributed by atoms with Crippen LogP contribution in [0.5, 0.6) is 5.75 Å². The third-order valence-electron chi connectivity index (χ3n) is 2.97. The SMILES string of the molecule is COC(=O)C[C@@H]1CCc2cc(O)ccc21. The number of carbonyl (C=O) groups is 1. The molecule has 1 N–H and O–H groups in total. The number of hydrogen-bond donors (Lipinski definition) is 1. The van der Waals surface area contributed by atoms with Crippen LogP contribution in [0.2, 0.25) is 0 Å². The first kappa shape index (κ1) is 10.0. The van der Waals surface area contributed by atoms with Crippen molar-refractivity contribution in [3.8, 4) is 5.75 Å². The molecule has 1 aromatic rings. The molecule has 0 fully saturated rings. The number of methoxy groups -OCH3 is 1. The van der Waals surface area contributed by atoms with Crippen molar-refractivity contribution < 1.29 is 14.6 Å².